The smallest absolute Gasteiger partial charge is 0.285 e. The molecule has 4 aromatic heterocycles. The van der Waals surface area contributed by atoms with Gasteiger partial charge < -0.3 is 16.0 Å². The van der Waals surface area contributed by atoms with Crippen molar-refractivity contribution in [3.8, 4) is 16.9 Å². The van der Waals surface area contributed by atoms with Crippen LogP contribution in [0, 0.1) is 11.7 Å². The predicted molar refractivity (Wildman–Crippen MR) is 168 cm³/mol. The predicted octanol–water partition coefficient (Wildman–Crippen LogP) is 3.78. The minimum absolute atomic E-state index is 0.0329. The number of nitrogen functional groups attached to an aromatic ring is 1. The van der Waals surface area contributed by atoms with Crippen LogP contribution >= 0.6 is 0 Å². The summed E-state index contributed by atoms with van der Waals surface area (Å²) in [4.78, 5) is 49.9. The molecule has 8 rings (SSSR count). The first kappa shape index (κ1) is 28.2. The highest BCUT2D eigenvalue weighted by Crippen LogP contribution is 2.39. The third-order valence-corrected chi connectivity index (χ3v) is 9.40. The van der Waals surface area contributed by atoms with E-state index >= 15 is 4.39 Å². The number of hydrogen-bond acceptors (Lipinski definition) is 7. The van der Waals surface area contributed by atoms with Crippen LogP contribution in [0.5, 0.6) is 0 Å². The second kappa shape index (κ2) is 10.9. The van der Waals surface area contributed by atoms with Crippen LogP contribution in [0.15, 0.2) is 59.8 Å². The number of aromatic nitrogens is 6. The molecule has 1 saturated heterocycles. The summed E-state index contributed by atoms with van der Waals surface area (Å²) in [6.07, 6.45) is 7.86. The number of anilines is 2. The van der Waals surface area contributed by atoms with Gasteiger partial charge >= 0.3 is 0 Å². The maximum absolute atomic E-state index is 15.9. The zero-order valence-electron chi connectivity index (χ0n) is 25.0. The lowest BCUT2D eigenvalue weighted by atomic mass is 9.92. The number of carbonyl (C=O) groups excluding carboxylic acids is 2. The molecule has 0 radical (unpaired) electrons. The Labute approximate surface area is 262 Å². The van der Waals surface area contributed by atoms with E-state index in [0.29, 0.717) is 48.6 Å². The van der Waals surface area contributed by atoms with E-state index in [1.807, 2.05) is 11.0 Å². The van der Waals surface area contributed by atoms with Gasteiger partial charge in [-0.2, -0.15) is 9.78 Å². The molecule has 3 aliphatic rings. The molecule has 1 aliphatic carbocycles. The number of carbonyl (C=O) groups is 2. The fraction of sp³-hybridized carbons (Fsp3) is 0.333. The van der Waals surface area contributed by atoms with E-state index in [1.165, 1.54) is 17.1 Å². The van der Waals surface area contributed by atoms with Crippen molar-refractivity contribution in [3.05, 3.63) is 88.1 Å². The van der Waals surface area contributed by atoms with Crippen molar-refractivity contribution >= 4 is 28.8 Å². The minimum Gasteiger partial charge on any atom is -0.382 e. The first-order valence-electron chi connectivity index (χ1n) is 15.7. The molecule has 1 saturated carbocycles. The van der Waals surface area contributed by atoms with Gasteiger partial charge in [0.1, 0.15) is 23.2 Å². The standard InChI is InChI=1S/C33H32FN9O3/c34-24-16-21(39-31(44)28-25-4-3-13-41(25)43(33(28)46)27-5-1-2-12-36-27)8-9-22(24)23-17-26(42-29(23)30(35)37-18-38-42)19-10-14-40(15-11-19)32(45)20-6-7-20/h1-2,5,8-9,12,16-20H,3-4,6-7,10-11,13-15H2,(H,39,44)(H2,35,37,38). The Morgan fingerprint density at radius 1 is 0.978 bits per heavy atom. The van der Waals surface area contributed by atoms with Crippen molar-refractivity contribution in [2.45, 2.75) is 51.0 Å². The molecule has 46 heavy (non-hydrogen) atoms. The molecule has 0 atom stereocenters. The summed E-state index contributed by atoms with van der Waals surface area (Å²) in [7, 11) is 0. The lowest BCUT2D eigenvalue weighted by Crippen LogP contribution is -2.39. The number of nitrogens with one attached hydrogen (secondary N) is 1. The summed E-state index contributed by atoms with van der Waals surface area (Å²) in [6, 6.07) is 11.6. The number of amides is 2. The number of benzene rings is 1. The van der Waals surface area contributed by atoms with E-state index in [4.69, 9.17) is 5.73 Å². The average Bonchev–Trinajstić information content (AvgIpc) is 3.59. The molecule has 0 bridgehead atoms. The quantitative estimate of drug-likeness (QED) is 0.294. The molecule has 234 valence electrons. The van der Waals surface area contributed by atoms with Gasteiger partial charge in [-0.05, 0) is 74.9 Å². The van der Waals surface area contributed by atoms with Crippen molar-refractivity contribution in [1.82, 2.24) is 33.8 Å². The molecule has 1 aromatic carbocycles. The van der Waals surface area contributed by atoms with Crippen LogP contribution in [0.25, 0.3) is 22.5 Å². The molecule has 12 nitrogen and oxygen atoms in total. The largest absolute Gasteiger partial charge is 0.382 e. The van der Waals surface area contributed by atoms with Crippen molar-refractivity contribution in [3.63, 3.8) is 0 Å². The molecule has 2 aliphatic heterocycles. The highest BCUT2D eigenvalue weighted by Gasteiger charge is 2.36. The number of halogens is 1. The second-order valence-corrected chi connectivity index (χ2v) is 12.3. The number of likely N-dealkylation sites (tertiary alicyclic amines) is 1. The normalized spacial score (nSPS) is 16.6. The van der Waals surface area contributed by atoms with Crippen LogP contribution in [-0.4, -0.2) is 58.7 Å². The summed E-state index contributed by atoms with van der Waals surface area (Å²) in [5.41, 5.74) is 8.95. The van der Waals surface area contributed by atoms with Gasteiger partial charge in [0.15, 0.2) is 11.6 Å². The molecule has 0 spiro atoms. The topological polar surface area (TPSA) is 145 Å². The first-order chi connectivity index (χ1) is 22.4. The molecular formula is C33H32FN9O3. The molecular weight excluding hydrogens is 589 g/mol. The van der Waals surface area contributed by atoms with Gasteiger partial charge in [0, 0.05) is 60.2 Å². The summed E-state index contributed by atoms with van der Waals surface area (Å²) < 4.78 is 20.8. The van der Waals surface area contributed by atoms with Gasteiger partial charge in [0.2, 0.25) is 5.91 Å². The Morgan fingerprint density at radius 3 is 2.54 bits per heavy atom. The lowest BCUT2D eigenvalue weighted by molar-refractivity contribution is -0.133. The number of nitrogens with zero attached hydrogens (tertiary/aromatic N) is 7. The SMILES string of the molecule is Nc1ncnn2c(C3CCN(C(=O)C4CC4)CC3)cc(-c3ccc(NC(=O)c4c5n(n(-c6ccccn6)c4=O)CCC5)cc3F)c12. The third kappa shape index (κ3) is 4.65. The minimum atomic E-state index is -0.599. The van der Waals surface area contributed by atoms with E-state index in [-0.39, 0.29) is 40.4 Å². The highest BCUT2D eigenvalue weighted by molar-refractivity contribution is 6.05. The van der Waals surface area contributed by atoms with Gasteiger partial charge in [-0.15, -0.1) is 0 Å². The Hall–Kier alpha value is -5.33. The Balaban J connectivity index is 1.08. The van der Waals surface area contributed by atoms with E-state index in [1.54, 1.807) is 45.7 Å². The summed E-state index contributed by atoms with van der Waals surface area (Å²) in [6.45, 7) is 1.93. The van der Waals surface area contributed by atoms with Gasteiger partial charge in [-0.3, -0.25) is 19.1 Å². The number of rotatable bonds is 6. The third-order valence-electron chi connectivity index (χ3n) is 9.40. The lowest BCUT2D eigenvalue weighted by Gasteiger charge is -2.32. The fourth-order valence-electron chi connectivity index (χ4n) is 6.99. The molecule has 5 aromatic rings. The number of piperidine rings is 1. The molecule has 2 fully saturated rings. The Morgan fingerprint density at radius 2 is 1.80 bits per heavy atom. The fourth-order valence-corrected chi connectivity index (χ4v) is 6.99. The van der Waals surface area contributed by atoms with Crippen LogP contribution in [0.3, 0.4) is 0 Å². The highest BCUT2D eigenvalue weighted by atomic mass is 19.1. The summed E-state index contributed by atoms with van der Waals surface area (Å²) >= 11 is 0. The zero-order valence-corrected chi connectivity index (χ0v) is 25.0. The van der Waals surface area contributed by atoms with E-state index in [9.17, 15) is 14.4 Å². The Kier molecular flexibility index (Phi) is 6.69. The van der Waals surface area contributed by atoms with Crippen molar-refractivity contribution in [2.24, 2.45) is 5.92 Å². The molecule has 0 unspecified atom stereocenters. The van der Waals surface area contributed by atoms with Crippen LogP contribution in [0.1, 0.15) is 59.8 Å². The maximum Gasteiger partial charge on any atom is 0.285 e. The van der Waals surface area contributed by atoms with Crippen molar-refractivity contribution in [2.75, 3.05) is 24.1 Å². The summed E-state index contributed by atoms with van der Waals surface area (Å²) in [5, 5.41) is 7.20. The molecule has 2 amide bonds. The van der Waals surface area contributed by atoms with Crippen LogP contribution in [0.4, 0.5) is 15.9 Å². The maximum atomic E-state index is 15.9. The van der Waals surface area contributed by atoms with Gasteiger partial charge in [-0.25, -0.2) is 18.9 Å². The van der Waals surface area contributed by atoms with E-state index < -0.39 is 17.3 Å². The van der Waals surface area contributed by atoms with Gasteiger partial charge in [-0.1, -0.05) is 6.07 Å². The monoisotopic (exact) mass is 621 g/mol. The van der Waals surface area contributed by atoms with E-state index in [0.717, 1.165) is 37.8 Å². The number of hydrogen-bond donors (Lipinski definition) is 2. The molecule has 3 N–H and O–H groups in total. The van der Waals surface area contributed by atoms with Gasteiger partial charge in [0.25, 0.3) is 11.5 Å². The van der Waals surface area contributed by atoms with E-state index in [2.05, 4.69) is 20.4 Å². The van der Waals surface area contributed by atoms with Crippen LogP contribution in [0.2, 0.25) is 0 Å². The number of fused-ring (bicyclic) bond motifs is 2. The molecule has 13 heteroatoms. The van der Waals surface area contributed by atoms with Crippen LogP contribution in [-0.2, 0) is 17.8 Å². The zero-order chi connectivity index (χ0) is 31.5. The van der Waals surface area contributed by atoms with Crippen molar-refractivity contribution in [1.29, 1.82) is 0 Å². The number of nitrogens with two attached hydrogens (primary N) is 1. The van der Waals surface area contributed by atoms with Crippen LogP contribution < -0.4 is 16.6 Å². The Bertz CT molecular complexity index is 2070. The molecule has 6 heterocycles. The van der Waals surface area contributed by atoms with Gasteiger partial charge in [0.05, 0.1) is 5.69 Å². The number of pyridine rings is 1. The second-order valence-electron chi connectivity index (χ2n) is 12.3. The first-order valence-corrected chi connectivity index (χ1v) is 15.7. The van der Waals surface area contributed by atoms with Crippen molar-refractivity contribution < 1.29 is 14.0 Å². The summed E-state index contributed by atoms with van der Waals surface area (Å²) in [5.74, 6) is 0.0393. The average molecular weight is 622 g/mol.